The maximum Gasteiger partial charge on any atom is 0.222 e. The van der Waals surface area contributed by atoms with Crippen LogP contribution in [0.25, 0.3) is 0 Å². The summed E-state index contributed by atoms with van der Waals surface area (Å²) in [4.78, 5) is 11.1. The molecule has 0 aliphatic carbocycles. The summed E-state index contributed by atoms with van der Waals surface area (Å²) in [5.74, 6) is 0. The Bertz CT molecular complexity index is 271. The van der Waals surface area contributed by atoms with E-state index < -0.39 is 0 Å². The Morgan fingerprint density at radius 2 is 1.73 bits per heavy atom. The quantitative estimate of drug-likeness (QED) is 0.560. The maximum atomic E-state index is 11.1. The topological polar surface area (TPSA) is 17.1 Å². The van der Waals surface area contributed by atoms with Gasteiger partial charge in [0.25, 0.3) is 0 Å². The van der Waals surface area contributed by atoms with E-state index in [-0.39, 0.29) is 3.79 Å². The Kier molecular flexibility index (Phi) is 2.65. The first kappa shape index (κ1) is 8.71. The number of aryl methyl sites for hydroxylation is 2. The van der Waals surface area contributed by atoms with Gasteiger partial charge in [0.15, 0.2) is 0 Å². The van der Waals surface area contributed by atoms with Gasteiger partial charge in [-0.05, 0) is 25.0 Å². The fraction of sp³-hybridized carbons (Fsp3) is 0.222. The van der Waals surface area contributed by atoms with E-state index in [4.69, 9.17) is 0 Å². The molecule has 1 aromatic rings. The molecule has 0 aliphatic rings. The second-order valence-electron chi connectivity index (χ2n) is 2.54. The van der Waals surface area contributed by atoms with Crippen LogP contribution in [-0.2, 0) is 0 Å². The van der Waals surface area contributed by atoms with Gasteiger partial charge in [-0.3, -0.25) is 4.79 Å². The number of carbonyl (C=O) groups is 1. The molecule has 0 amide bonds. The van der Waals surface area contributed by atoms with E-state index in [1.54, 1.807) is 0 Å². The highest BCUT2D eigenvalue weighted by Crippen LogP contribution is 2.16. The van der Waals surface area contributed by atoms with Gasteiger partial charge in [-0.15, -0.1) is 0 Å². The zero-order valence-corrected chi connectivity index (χ0v) is 8.68. The Morgan fingerprint density at radius 3 is 2.00 bits per heavy atom. The van der Waals surface area contributed by atoms with Gasteiger partial charge in [0.2, 0.25) is 3.79 Å². The van der Waals surface area contributed by atoms with Crippen molar-refractivity contribution in [3.05, 3.63) is 34.9 Å². The average Bonchev–Trinajstić information content (AvgIpc) is 1.85. The molecule has 0 N–H and O–H groups in total. The molecule has 1 aromatic carbocycles. The highest BCUT2D eigenvalue weighted by Gasteiger charge is 2.06. The van der Waals surface area contributed by atoms with Gasteiger partial charge < -0.3 is 0 Å². The summed E-state index contributed by atoms with van der Waals surface area (Å²) in [5.41, 5.74) is 2.97. The molecule has 0 heterocycles. The van der Waals surface area contributed by atoms with Crippen LogP contribution >= 0.6 is 22.6 Å². The molecule has 0 aromatic heterocycles. The number of hydrogen-bond donors (Lipinski definition) is 0. The van der Waals surface area contributed by atoms with Crippen LogP contribution < -0.4 is 0 Å². The molecule has 1 rings (SSSR count). The van der Waals surface area contributed by atoms with E-state index in [0.717, 1.165) is 16.7 Å². The van der Waals surface area contributed by atoms with Crippen molar-refractivity contribution in [2.45, 2.75) is 13.8 Å². The van der Waals surface area contributed by atoms with Crippen molar-refractivity contribution in [2.75, 3.05) is 0 Å². The standard InChI is InChI=1S/C9H9IO/c1-6-4-3-5-7(2)8(6)9(10)11/h3-5H,1-2H3. The summed E-state index contributed by atoms with van der Waals surface area (Å²) < 4.78 is 0.123. The Labute approximate surface area is 79.9 Å². The van der Waals surface area contributed by atoms with E-state index in [0.29, 0.717) is 0 Å². The third-order valence-corrected chi connectivity index (χ3v) is 2.22. The Morgan fingerprint density at radius 1 is 1.27 bits per heavy atom. The lowest BCUT2D eigenvalue weighted by Gasteiger charge is -2.02. The summed E-state index contributed by atoms with van der Waals surface area (Å²) in [6, 6.07) is 5.88. The SMILES string of the molecule is Cc1cccc(C)c1C(=O)I. The van der Waals surface area contributed by atoms with Crippen molar-refractivity contribution in [3.63, 3.8) is 0 Å². The summed E-state index contributed by atoms with van der Waals surface area (Å²) in [5, 5.41) is 0. The number of rotatable bonds is 1. The van der Waals surface area contributed by atoms with Gasteiger partial charge in [-0.1, -0.05) is 18.2 Å². The van der Waals surface area contributed by atoms with Gasteiger partial charge in [0.05, 0.1) is 0 Å². The van der Waals surface area contributed by atoms with Gasteiger partial charge >= 0.3 is 0 Å². The van der Waals surface area contributed by atoms with Gasteiger partial charge in [-0.25, -0.2) is 0 Å². The molecular weight excluding hydrogens is 251 g/mol. The van der Waals surface area contributed by atoms with E-state index in [1.165, 1.54) is 0 Å². The van der Waals surface area contributed by atoms with Crippen molar-refractivity contribution >= 4 is 26.4 Å². The first-order valence-corrected chi connectivity index (χ1v) is 4.47. The fourth-order valence-corrected chi connectivity index (χ4v) is 1.98. The molecule has 0 atom stereocenters. The molecule has 1 nitrogen and oxygen atoms in total. The Hall–Kier alpha value is -0.380. The molecule has 0 saturated carbocycles. The van der Waals surface area contributed by atoms with Crippen LogP contribution in [0.5, 0.6) is 0 Å². The van der Waals surface area contributed by atoms with Crippen molar-refractivity contribution in [1.29, 1.82) is 0 Å². The molecule has 58 valence electrons. The van der Waals surface area contributed by atoms with Crippen molar-refractivity contribution in [3.8, 4) is 0 Å². The first-order valence-electron chi connectivity index (χ1n) is 3.39. The average molecular weight is 260 g/mol. The third kappa shape index (κ3) is 1.80. The van der Waals surface area contributed by atoms with Gasteiger partial charge in [-0.2, -0.15) is 0 Å². The summed E-state index contributed by atoms with van der Waals surface area (Å²) in [6.45, 7) is 3.91. The van der Waals surface area contributed by atoms with E-state index in [9.17, 15) is 4.79 Å². The van der Waals surface area contributed by atoms with Crippen LogP contribution in [-0.4, -0.2) is 3.79 Å². The monoisotopic (exact) mass is 260 g/mol. The molecule has 0 spiro atoms. The summed E-state index contributed by atoms with van der Waals surface area (Å²) in [6.07, 6.45) is 0. The predicted octanol–water partition coefficient (Wildman–Crippen LogP) is 2.88. The summed E-state index contributed by atoms with van der Waals surface area (Å²) in [7, 11) is 0. The number of carbonyl (C=O) groups excluding carboxylic acids is 1. The molecular formula is C9H9IO. The van der Waals surface area contributed by atoms with Crippen LogP contribution in [0.1, 0.15) is 21.5 Å². The van der Waals surface area contributed by atoms with E-state index >= 15 is 0 Å². The maximum absolute atomic E-state index is 11.1. The van der Waals surface area contributed by atoms with Crippen LogP contribution in [0.4, 0.5) is 0 Å². The highest BCUT2D eigenvalue weighted by atomic mass is 127. The molecule has 2 heteroatoms. The van der Waals surface area contributed by atoms with Crippen molar-refractivity contribution < 1.29 is 4.79 Å². The van der Waals surface area contributed by atoms with Crippen molar-refractivity contribution in [2.24, 2.45) is 0 Å². The van der Waals surface area contributed by atoms with Gasteiger partial charge in [0, 0.05) is 28.2 Å². The molecule has 0 unspecified atom stereocenters. The Balaban J connectivity index is 3.32. The number of halogens is 1. The largest absolute Gasteiger partial charge is 0.282 e. The number of hydrogen-bond acceptors (Lipinski definition) is 1. The van der Waals surface area contributed by atoms with Gasteiger partial charge in [0.1, 0.15) is 0 Å². The second kappa shape index (κ2) is 3.34. The minimum Gasteiger partial charge on any atom is -0.282 e. The minimum atomic E-state index is 0.123. The zero-order chi connectivity index (χ0) is 8.43. The van der Waals surface area contributed by atoms with Crippen LogP contribution in [0.2, 0.25) is 0 Å². The summed E-state index contributed by atoms with van der Waals surface area (Å²) >= 11 is 1.82. The van der Waals surface area contributed by atoms with Crippen LogP contribution in [0, 0.1) is 13.8 Å². The molecule has 0 bridgehead atoms. The van der Waals surface area contributed by atoms with Crippen LogP contribution in [0.15, 0.2) is 18.2 Å². The molecule has 0 radical (unpaired) electrons. The minimum absolute atomic E-state index is 0.123. The number of benzene rings is 1. The normalized spacial score (nSPS) is 9.73. The lowest BCUT2D eigenvalue weighted by Crippen LogP contribution is -1.95. The van der Waals surface area contributed by atoms with Crippen molar-refractivity contribution in [1.82, 2.24) is 0 Å². The highest BCUT2D eigenvalue weighted by molar-refractivity contribution is 14.1. The van der Waals surface area contributed by atoms with Crippen LogP contribution in [0.3, 0.4) is 0 Å². The first-order chi connectivity index (χ1) is 5.13. The van der Waals surface area contributed by atoms with E-state index in [1.807, 2.05) is 54.6 Å². The van der Waals surface area contributed by atoms with E-state index in [2.05, 4.69) is 0 Å². The zero-order valence-electron chi connectivity index (χ0n) is 6.52. The predicted molar refractivity (Wildman–Crippen MR) is 54.3 cm³/mol. The second-order valence-corrected chi connectivity index (χ2v) is 3.52. The third-order valence-electron chi connectivity index (χ3n) is 1.68. The molecule has 11 heavy (non-hydrogen) atoms. The fourth-order valence-electron chi connectivity index (χ4n) is 1.12. The molecule has 0 fully saturated rings. The smallest absolute Gasteiger partial charge is 0.222 e. The lowest BCUT2D eigenvalue weighted by atomic mass is 10.0. The lowest BCUT2D eigenvalue weighted by molar-refractivity contribution is 0.110. The molecule has 0 aliphatic heterocycles. The molecule has 0 saturated heterocycles.